The molecule has 114 valence electrons. The van der Waals surface area contributed by atoms with Gasteiger partial charge in [-0.2, -0.15) is 0 Å². The van der Waals surface area contributed by atoms with Gasteiger partial charge in [-0.3, -0.25) is 0 Å². The molecule has 4 nitrogen and oxygen atoms in total. The summed E-state index contributed by atoms with van der Waals surface area (Å²) in [5.74, 6) is -0.225. The first-order valence-corrected chi connectivity index (χ1v) is 8.05. The maximum Gasteiger partial charge on any atom is 0.328 e. The van der Waals surface area contributed by atoms with Crippen molar-refractivity contribution in [3.8, 4) is 0 Å². The first-order valence-electron chi connectivity index (χ1n) is 6.54. The summed E-state index contributed by atoms with van der Waals surface area (Å²) in [4.78, 5) is 16.4. The number of carbonyl (C=O) groups excluding carboxylic acids is 1. The average molecular weight is 425 g/mol. The Morgan fingerprint density at radius 2 is 2.19 bits per heavy atom. The van der Waals surface area contributed by atoms with E-state index in [4.69, 9.17) is 16.3 Å². The molecule has 0 N–H and O–H groups in total. The van der Waals surface area contributed by atoms with E-state index >= 15 is 0 Å². The molecule has 0 bridgehead atoms. The van der Waals surface area contributed by atoms with E-state index in [1.807, 2.05) is 22.6 Å². The molecule has 0 saturated heterocycles. The summed E-state index contributed by atoms with van der Waals surface area (Å²) in [5, 5.41) is -0.407. The van der Waals surface area contributed by atoms with Gasteiger partial charge < -0.3 is 9.30 Å². The maximum absolute atomic E-state index is 13.9. The predicted octanol–water partition coefficient (Wildman–Crippen LogP) is 4.20. The Balaban J connectivity index is 2.66. The number of imidazole rings is 1. The average Bonchev–Trinajstić information content (AvgIpc) is 2.77. The third-order valence-electron chi connectivity index (χ3n) is 3.13. The molecule has 21 heavy (non-hydrogen) atoms. The van der Waals surface area contributed by atoms with Gasteiger partial charge in [0.25, 0.3) is 0 Å². The summed E-state index contributed by atoms with van der Waals surface area (Å²) < 4.78 is 21.0. The minimum atomic E-state index is -0.620. The summed E-state index contributed by atoms with van der Waals surface area (Å²) in [6, 6.07) is 2.40. The monoisotopic (exact) mass is 424 g/mol. The number of nitrogens with zero attached hydrogens (tertiary/aromatic N) is 2. The largest absolute Gasteiger partial charge is 0.464 e. The molecule has 1 aromatic heterocycles. The molecular weight excluding hydrogens is 410 g/mol. The molecule has 2 unspecified atom stereocenters. The van der Waals surface area contributed by atoms with Crippen LogP contribution < -0.4 is 0 Å². The fraction of sp³-hybridized carbons (Fsp3) is 0.429. The number of halogens is 3. The Hall–Kier alpha value is -0.890. The van der Waals surface area contributed by atoms with E-state index in [0.29, 0.717) is 20.4 Å². The lowest BCUT2D eigenvalue weighted by Crippen LogP contribution is -2.21. The van der Waals surface area contributed by atoms with Crippen LogP contribution in [-0.2, 0) is 9.53 Å². The van der Waals surface area contributed by atoms with E-state index < -0.39 is 17.4 Å². The fourth-order valence-electron chi connectivity index (χ4n) is 2.16. The second kappa shape index (κ2) is 6.48. The van der Waals surface area contributed by atoms with Gasteiger partial charge in [0.05, 0.1) is 26.6 Å². The summed E-state index contributed by atoms with van der Waals surface area (Å²) in [6.07, 6.45) is 0. The summed E-state index contributed by atoms with van der Waals surface area (Å²) in [7, 11) is 0. The zero-order valence-electron chi connectivity index (χ0n) is 11.9. The lowest BCUT2D eigenvalue weighted by molar-refractivity contribution is -0.146. The quantitative estimate of drug-likeness (QED) is 0.420. The van der Waals surface area contributed by atoms with Crippen LogP contribution in [0, 0.1) is 9.39 Å². The van der Waals surface area contributed by atoms with Crippen molar-refractivity contribution in [2.75, 3.05) is 6.61 Å². The van der Waals surface area contributed by atoms with Gasteiger partial charge in [0.1, 0.15) is 17.7 Å². The highest BCUT2D eigenvalue weighted by atomic mass is 127. The Labute approximate surface area is 140 Å². The van der Waals surface area contributed by atoms with Crippen LogP contribution in [0.4, 0.5) is 4.39 Å². The van der Waals surface area contributed by atoms with Crippen LogP contribution in [0.15, 0.2) is 12.1 Å². The zero-order chi connectivity index (χ0) is 15.7. The van der Waals surface area contributed by atoms with E-state index in [2.05, 4.69) is 4.98 Å². The number of aromatic nitrogens is 2. The van der Waals surface area contributed by atoms with Crippen molar-refractivity contribution in [3.05, 3.63) is 27.3 Å². The smallest absolute Gasteiger partial charge is 0.328 e. The fourth-order valence-corrected chi connectivity index (χ4v) is 2.77. The van der Waals surface area contributed by atoms with Gasteiger partial charge in [0, 0.05) is 6.07 Å². The van der Waals surface area contributed by atoms with Gasteiger partial charge in [0.2, 0.25) is 0 Å². The number of hydrogen-bond acceptors (Lipinski definition) is 3. The van der Waals surface area contributed by atoms with Gasteiger partial charge in [-0.05, 0) is 49.4 Å². The number of ether oxygens (including phenoxy) is 1. The third kappa shape index (κ3) is 3.15. The Morgan fingerprint density at radius 3 is 2.76 bits per heavy atom. The van der Waals surface area contributed by atoms with Gasteiger partial charge in [0.15, 0.2) is 0 Å². The van der Waals surface area contributed by atoms with Crippen LogP contribution in [0.25, 0.3) is 11.0 Å². The molecule has 0 radical (unpaired) electrons. The van der Waals surface area contributed by atoms with Crippen molar-refractivity contribution in [3.63, 3.8) is 0 Å². The molecule has 0 fully saturated rings. The van der Waals surface area contributed by atoms with Crippen LogP contribution in [0.2, 0.25) is 0 Å². The first kappa shape index (κ1) is 16.5. The van der Waals surface area contributed by atoms with Crippen molar-refractivity contribution in [2.24, 2.45) is 0 Å². The molecule has 1 aromatic carbocycles. The van der Waals surface area contributed by atoms with Crippen LogP contribution in [0.1, 0.15) is 38.0 Å². The van der Waals surface area contributed by atoms with Crippen LogP contribution in [0.3, 0.4) is 0 Å². The van der Waals surface area contributed by atoms with Crippen LogP contribution in [-0.4, -0.2) is 22.1 Å². The Morgan fingerprint density at radius 1 is 1.52 bits per heavy atom. The third-order valence-corrected chi connectivity index (χ3v) is 4.15. The van der Waals surface area contributed by atoms with Crippen molar-refractivity contribution < 1.29 is 13.9 Å². The Bertz CT molecular complexity index is 687. The molecule has 0 aliphatic heterocycles. The summed E-state index contributed by atoms with van der Waals surface area (Å²) >= 11 is 8.06. The van der Waals surface area contributed by atoms with Crippen molar-refractivity contribution in [1.82, 2.24) is 9.55 Å². The highest BCUT2D eigenvalue weighted by Crippen LogP contribution is 2.30. The number of carbonyl (C=O) groups is 1. The van der Waals surface area contributed by atoms with Gasteiger partial charge >= 0.3 is 5.97 Å². The zero-order valence-corrected chi connectivity index (χ0v) is 14.8. The normalized spacial score (nSPS) is 14.2. The molecule has 0 saturated carbocycles. The van der Waals surface area contributed by atoms with E-state index in [1.165, 1.54) is 6.07 Å². The maximum atomic E-state index is 13.9. The van der Waals surface area contributed by atoms with E-state index in [1.54, 1.807) is 31.4 Å². The number of fused-ring (bicyclic) bond motifs is 1. The number of rotatable bonds is 4. The lowest BCUT2D eigenvalue weighted by atomic mass is 10.2. The molecule has 0 aliphatic rings. The second-order valence-electron chi connectivity index (χ2n) is 4.64. The van der Waals surface area contributed by atoms with Gasteiger partial charge in [-0.15, -0.1) is 11.6 Å². The predicted molar refractivity (Wildman–Crippen MR) is 88.0 cm³/mol. The van der Waals surface area contributed by atoms with Crippen LogP contribution >= 0.6 is 34.2 Å². The molecular formula is C14H15ClFIN2O2. The SMILES string of the molecule is CCOC(=O)C(C)n1c(C(C)Cl)nc2cc(I)c(F)cc21. The van der Waals surface area contributed by atoms with E-state index in [-0.39, 0.29) is 12.4 Å². The van der Waals surface area contributed by atoms with Crippen LogP contribution in [0.5, 0.6) is 0 Å². The van der Waals surface area contributed by atoms with Gasteiger partial charge in [-0.25, -0.2) is 14.2 Å². The summed E-state index contributed by atoms with van der Waals surface area (Å²) in [5.41, 5.74) is 1.15. The molecule has 0 spiro atoms. The second-order valence-corrected chi connectivity index (χ2v) is 6.46. The summed E-state index contributed by atoms with van der Waals surface area (Å²) in [6.45, 7) is 5.48. The highest BCUT2D eigenvalue weighted by Gasteiger charge is 2.25. The number of esters is 1. The molecule has 2 atom stereocenters. The topological polar surface area (TPSA) is 44.1 Å². The number of alkyl halides is 1. The van der Waals surface area contributed by atoms with Gasteiger partial charge in [-0.1, -0.05) is 0 Å². The molecule has 2 aromatic rings. The molecule has 2 rings (SSSR count). The highest BCUT2D eigenvalue weighted by molar-refractivity contribution is 14.1. The molecule has 0 amide bonds. The van der Waals surface area contributed by atoms with Crippen molar-refractivity contribution >= 4 is 51.2 Å². The van der Waals surface area contributed by atoms with Crippen molar-refractivity contribution in [1.29, 1.82) is 0 Å². The first-order chi connectivity index (χ1) is 9.86. The Kier molecular flexibility index (Phi) is 5.08. The molecule has 1 heterocycles. The molecule has 0 aliphatic carbocycles. The minimum Gasteiger partial charge on any atom is -0.464 e. The molecule has 7 heteroatoms. The standard InChI is InChI=1S/C14H15ClFIN2O2/c1-4-21-14(20)8(3)19-12-5-9(16)10(17)6-11(12)18-13(19)7(2)15/h5-8H,4H2,1-3H3. The van der Waals surface area contributed by atoms with Crippen molar-refractivity contribution in [2.45, 2.75) is 32.2 Å². The number of hydrogen-bond donors (Lipinski definition) is 0. The number of benzene rings is 1. The van der Waals surface area contributed by atoms with E-state index in [0.717, 1.165) is 0 Å². The van der Waals surface area contributed by atoms with E-state index in [9.17, 15) is 9.18 Å². The lowest BCUT2D eigenvalue weighted by Gasteiger charge is -2.17. The minimum absolute atomic E-state index is 0.286.